The molecule has 0 aliphatic carbocycles. The highest BCUT2D eigenvalue weighted by molar-refractivity contribution is 9.10. The third-order valence-electron chi connectivity index (χ3n) is 2.75. The number of halogens is 1. The van der Waals surface area contributed by atoms with Gasteiger partial charge in [-0.1, -0.05) is 15.9 Å². The molecule has 0 saturated carbocycles. The topological polar surface area (TPSA) is 42.4 Å². The Morgan fingerprint density at radius 1 is 1.32 bits per heavy atom. The molecule has 0 bridgehead atoms. The summed E-state index contributed by atoms with van der Waals surface area (Å²) in [5.41, 5.74) is 2.89. The van der Waals surface area contributed by atoms with E-state index in [9.17, 15) is 5.11 Å². The molecule has 100 valence electrons. The molecule has 1 unspecified atom stereocenters. The molecule has 0 aliphatic heterocycles. The van der Waals surface area contributed by atoms with Crippen LogP contribution < -0.4 is 4.74 Å². The van der Waals surface area contributed by atoms with E-state index in [0.717, 1.165) is 21.2 Å². The lowest BCUT2D eigenvalue weighted by atomic mass is 10.1. The Morgan fingerprint density at radius 3 is 2.79 bits per heavy atom. The van der Waals surface area contributed by atoms with Crippen LogP contribution in [-0.4, -0.2) is 10.1 Å². The Bertz CT molecular complexity index is 570. The van der Waals surface area contributed by atoms with Crippen LogP contribution in [0.1, 0.15) is 29.7 Å². The molecule has 0 amide bonds. The van der Waals surface area contributed by atoms with Crippen molar-refractivity contribution in [2.75, 3.05) is 0 Å². The second-order valence-electron chi connectivity index (χ2n) is 4.52. The van der Waals surface area contributed by atoms with Crippen molar-refractivity contribution in [3.63, 3.8) is 0 Å². The molecule has 3 nitrogen and oxygen atoms in total. The summed E-state index contributed by atoms with van der Waals surface area (Å²) in [5, 5.41) is 9.76. The molecule has 1 atom stereocenters. The fourth-order valence-electron chi connectivity index (χ4n) is 1.83. The zero-order chi connectivity index (χ0) is 13.8. The first kappa shape index (κ1) is 14.0. The quantitative estimate of drug-likeness (QED) is 0.931. The van der Waals surface area contributed by atoms with Gasteiger partial charge in [-0.05, 0) is 43.7 Å². The minimum absolute atomic E-state index is 0.441. The normalized spacial score (nSPS) is 12.2. The summed E-state index contributed by atoms with van der Waals surface area (Å²) in [7, 11) is 0. The largest absolute Gasteiger partial charge is 0.488 e. The molecule has 0 fully saturated rings. The van der Waals surface area contributed by atoms with E-state index in [0.29, 0.717) is 12.4 Å². The maximum absolute atomic E-state index is 9.76. The summed E-state index contributed by atoms with van der Waals surface area (Å²) < 4.78 is 6.70. The van der Waals surface area contributed by atoms with E-state index in [1.165, 1.54) is 0 Å². The summed E-state index contributed by atoms with van der Waals surface area (Å²) in [4.78, 5) is 4.13. The van der Waals surface area contributed by atoms with E-state index < -0.39 is 6.10 Å². The first-order valence-electron chi connectivity index (χ1n) is 6.07. The van der Waals surface area contributed by atoms with Gasteiger partial charge >= 0.3 is 0 Å². The SMILES string of the molecule is Cc1cncc(COc2ccc(Br)cc2C(C)O)c1. The molecular weight excluding hydrogens is 306 g/mol. The second-order valence-corrected chi connectivity index (χ2v) is 5.43. The third-order valence-corrected chi connectivity index (χ3v) is 3.24. The van der Waals surface area contributed by atoms with Crippen molar-refractivity contribution in [3.8, 4) is 5.75 Å². The predicted octanol–water partition coefficient (Wildman–Crippen LogP) is 3.78. The van der Waals surface area contributed by atoms with Gasteiger partial charge in [0.2, 0.25) is 0 Å². The Hall–Kier alpha value is -1.39. The molecule has 4 heteroatoms. The van der Waals surface area contributed by atoms with Gasteiger partial charge < -0.3 is 9.84 Å². The number of nitrogens with zero attached hydrogens (tertiary/aromatic N) is 1. The minimum atomic E-state index is -0.567. The van der Waals surface area contributed by atoms with Gasteiger partial charge in [0.05, 0.1) is 6.10 Å². The zero-order valence-corrected chi connectivity index (χ0v) is 12.5. The smallest absolute Gasteiger partial charge is 0.125 e. The monoisotopic (exact) mass is 321 g/mol. The lowest BCUT2D eigenvalue weighted by Crippen LogP contribution is -2.01. The summed E-state index contributed by atoms with van der Waals surface area (Å²) in [6.07, 6.45) is 3.03. The van der Waals surface area contributed by atoms with Crippen LogP contribution in [0.3, 0.4) is 0 Å². The Balaban J connectivity index is 2.15. The number of hydrogen-bond donors (Lipinski definition) is 1. The van der Waals surface area contributed by atoms with Crippen LogP contribution in [-0.2, 0) is 6.61 Å². The number of aryl methyl sites for hydroxylation is 1. The molecular formula is C15H16BrNO2. The number of ether oxygens (including phenoxy) is 1. The van der Waals surface area contributed by atoms with Crippen molar-refractivity contribution >= 4 is 15.9 Å². The summed E-state index contributed by atoms with van der Waals surface area (Å²) in [6.45, 7) is 4.16. The van der Waals surface area contributed by atoms with E-state index in [-0.39, 0.29) is 0 Å². The van der Waals surface area contributed by atoms with Crippen LogP contribution in [0.5, 0.6) is 5.75 Å². The van der Waals surface area contributed by atoms with Crippen molar-refractivity contribution < 1.29 is 9.84 Å². The number of aliphatic hydroxyl groups is 1. The average Bonchev–Trinajstić information content (AvgIpc) is 2.37. The first-order chi connectivity index (χ1) is 9.06. The van der Waals surface area contributed by atoms with Gasteiger partial charge in [-0.25, -0.2) is 0 Å². The molecule has 0 radical (unpaired) electrons. The van der Waals surface area contributed by atoms with E-state index >= 15 is 0 Å². The molecule has 0 aliphatic rings. The number of rotatable bonds is 4. The molecule has 2 rings (SSSR count). The Morgan fingerprint density at radius 2 is 2.11 bits per heavy atom. The summed E-state index contributed by atoms with van der Waals surface area (Å²) in [5.74, 6) is 0.694. The standard InChI is InChI=1S/C15H16BrNO2/c1-10-5-12(8-17-7-10)9-19-15-4-3-13(16)6-14(15)11(2)18/h3-8,11,18H,9H2,1-2H3. The van der Waals surface area contributed by atoms with Crippen molar-refractivity contribution in [1.29, 1.82) is 0 Å². The highest BCUT2D eigenvalue weighted by atomic mass is 79.9. The highest BCUT2D eigenvalue weighted by Gasteiger charge is 2.10. The van der Waals surface area contributed by atoms with Crippen LogP contribution in [0, 0.1) is 6.92 Å². The molecule has 1 aromatic carbocycles. The van der Waals surface area contributed by atoms with E-state index in [1.807, 2.05) is 37.4 Å². The first-order valence-corrected chi connectivity index (χ1v) is 6.86. The number of aromatic nitrogens is 1. The molecule has 1 aromatic heterocycles. The minimum Gasteiger partial charge on any atom is -0.488 e. The molecule has 0 spiro atoms. The van der Waals surface area contributed by atoms with Crippen molar-refractivity contribution in [2.24, 2.45) is 0 Å². The molecule has 0 saturated heterocycles. The number of hydrogen-bond acceptors (Lipinski definition) is 3. The van der Waals surface area contributed by atoms with Gasteiger partial charge in [0.25, 0.3) is 0 Å². The van der Waals surface area contributed by atoms with Crippen LogP contribution >= 0.6 is 15.9 Å². The number of benzene rings is 1. The van der Waals surface area contributed by atoms with Crippen LogP contribution in [0.25, 0.3) is 0 Å². The van der Waals surface area contributed by atoms with Gasteiger partial charge in [-0.2, -0.15) is 0 Å². The molecule has 2 aromatic rings. The number of aliphatic hydroxyl groups excluding tert-OH is 1. The summed E-state index contributed by atoms with van der Waals surface area (Å²) in [6, 6.07) is 7.66. The average molecular weight is 322 g/mol. The van der Waals surface area contributed by atoms with Crippen molar-refractivity contribution in [3.05, 3.63) is 57.8 Å². The van der Waals surface area contributed by atoms with Crippen molar-refractivity contribution in [1.82, 2.24) is 4.98 Å². The van der Waals surface area contributed by atoms with Crippen molar-refractivity contribution in [2.45, 2.75) is 26.6 Å². The van der Waals surface area contributed by atoms with Crippen LogP contribution in [0.15, 0.2) is 41.1 Å². The summed E-state index contributed by atoms with van der Waals surface area (Å²) >= 11 is 3.39. The zero-order valence-electron chi connectivity index (χ0n) is 10.9. The second kappa shape index (κ2) is 6.17. The Labute approximate surface area is 121 Å². The maximum atomic E-state index is 9.76. The van der Waals surface area contributed by atoms with Gasteiger partial charge in [-0.3, -0.25) is 4.98 Å². The van der Waals surface area contributed by atoms with E-state index in [4.69, 9.17) is 4.74 Å². The fraction of sp³-hybridized carbons (Fsp3) is 0.267. The lowest BCUT2D eigenvalue weighted by molar-refractivity contribution is 0.190. The highest BCUT2D eigenvalue weighted by Crippen LogP contribution is 2.29. The van der Waals surface area contributed by atoms with Crippen LogP contribution in [0.2, 0.25) is 0 Å². The van der Waals surface area contributed by atoms with Gasteiger partial charge in [0, 0.05) is 28.0 Å². The fourth-order valence-corrected chi connectivity index (χ4v) is 2.21. The molecule has 1 heterocycles. The van der Waals surface area contributed by atoms with E-state index in [2.05, 4.69) is 20.9 Å². The molecule has 19 heavy (non-hydrogen) atoms. The third kappa shape index (κ3) is 3.78. The van der Waals surface area contributed by atoms with Gasteiger partial charge in [0.15, 0.2) is 0 Å². The maximum Gasteiger partial charge on any atom is 0.125 e. The van der Waals surface area contributed by atoms with Crippen LogP contribution in [0.4, 0.5) is 0 Å². The predicted molar refractivity (Wildman–Crippen MR) is 78.1 cm³/mol. The van der Waals surface area contributed by atoms with Gasteiger partial charge in [0.1, 0.15) is 12.4 Å². The number of pyridine rings is 1. The Kier molecular flexibility index (Phi) is 4.56. The molecule has 1 N–H and O–H groups in total. The lowest BCUT2D eigenvalue weighted by Gasteiger charge is -2.14. The van der Waals surface area contributed by atoms with Gasteiger partial charge in [-0.15, -0.1) is 0 Å². The van der Waals surface area contributed by atoms with E-state index in [1.54, 1.807) is 13.1 Å².